The predicted molar refractivity (Wildman–Crippen MR) is 84.4 cm³/mol. The fourth-order valence-electron chi connectivity index (χ4n) is 1.56. The van der Waals surface area contributed by atoms with Crippen LogP contribution in [0.4, 0.5) is 4.39 Å². The maximum absolute atomic E-state index is 13.4. The van der Waals surface area contributed by atoms with E-state index in [2.05, 4.69) is 10.6 Å². The van der Waals surface area contributed by atoms with E-state index in [4.69, 9.17) is 4.74 Å². The Bertz CT molecular complexity index is 568. The van der Waals surface area contributed by atoms with Gasteiger partial charge in [0.05, 0.1) is 5.75 Å². The van der Waals surface area contributed by atoms with Crippen molar-refractivity contribution in [1.82, 2.24) is 10.6 Å². The number of esters is 1. The van der Waals surface area contributed by atoms with E-state index in [1.165, 1.54) is 13.0 Å². The second-order valence-corrected chi connectivity index (χ2v) is 5.58. The molecule has 0 bridgehead atoms. The van der Waals surface area contributed by atoms with Crippen LogP contribution in [-0.2, 0) is 19.1 Å². The second kappa shape index (κ2) is 9.83. The van der Waals surface area contributed by atoms with E-state index >= 15 is 0 Å². The summed E-state index contributed by atoms with van der Waals surface area (Å²) >= 11 is 0.987. The summed E-state index contributed by atoms with van der Waals surface area (Å²) in [4.78, 5) is 34.9. The van der Waals surface area contributed by atoms with Crippen molar-refractivity contribution in [3.63, 3.8) is 0 Å². The molecule has 0 aromatic heterocycles. The quantitative estimate of drug-likeness (QED) is 0.546. The molecule has 126 valence electrons. The van der Waals surface area contributed by atoms with Gasteiger partial charge in [-0.25, -0.2) is 4.39 Å². The number of benzene rings is 1. The molecule has 0 radical (unpaired) electrons. The number of carbonyl (C=O) groups excluding carboxylic acids is 3. The molecule has 2 N–H and O–H groups in total. The van der Waals surface area contributed by atoms with Gasteiger partial charge in [-0.3, -0.25) is 14.4 Å². The molecule has 0 heterocycles. The molecular weight excluding hydrogens is 323 g/mol. The molecule has 0 aliphatic carbocycles. The van der Waals surface area contributed by atoms with Crippen LogP contribution in [0.1, 0.15) is 13.8 Å². The molecule has 0 saturated carbocycles. The van der Waals surface area contributed by atoms with Crippen molar-refractivity contribution in [2.24, 2.45) is 0 Å². The predicted octanol–water partition coefficient (Wildman–Crippen LogP) is 1.10. The van der Waals surface area contributed by atoms with Crippen LogP contribution in [0.3, 0.4) is 0 Å². The number of nitrogens with one attached hydrogen (secondary N) is 2. The Morgan fingerprint density at radius 2 is 2.00 bits per heavy atom. The van der Waals surface area contributed by atoms with Gasteiger partial charge in [0.1, 0.15) is 11.9 Å². The minimum atomic E-state index is -0.714. The first-order chi connectivity index (χ1) is 10.9. The van der Waals surface area contributed by atoms with Crippen LogP contribution in [0.5, 0.6) is 0 Å². The Labute approximate surface area is 138 Å². The minimum Gasteiger partial charge on any atom is -0.455 e. The smallest absolute Gasteiger partial charge is 0.316 e. The van der Waals surface area contributed by atoms with Gasteiger partial charge in [-0.05, 0) is 26.0 Å². The number of halogens is 1. The molecule has 8 heteroatoms. The zero-order valence-electron chi connectivity index (χ0n) is 12.9. The van der Waals surface area contributed by atoms with Gasteiger partial charge in [0.15, 0.2) is 6.61 Å². The Kier molecular flexibility index (Phi) is 8.10. The topological polar surface area (TPSA) is 84.5 Å². The van der Waals surface area contributed by atoms with Gasteiger partial charge >= 0.3 is 5.97 Å². The number of thioether (sulfide) groups is 1. The number of ether oxygens (including phenoxy) is 1. The van der Waals surface area contributed by atoms with E-state index in [-0.39, 0.29) is 11.7 Å². The Morgan fingerprint density at radius 1 is 1.30 bits per heavy atom. The van der Waals surface area contributed by atoms with Crippen molar-refractivity contribution in [2.45, 2.75) is 24.8 Å². The molecule has 0 saturated heterocycles. The Morgan fingerprint density at radius 3 is 2.65 bits per heavy atom. The van der Waals surface area contributed by atoms with Crippen molar-refractivity contribution in [1.29, 1.82) is 0 Å². The standard InChI is InChI=1S/C15H19FN2O4S/c1-3-17-15(21)10(2)18-13(19)8-22-14(20)9-23-12-7-5-4-6-11(12)16/h4-7,10H,3,8-9H2,1-2H3,(H,17,21)(H,18,19)/t10-/m0/s1. The monoisotopic (exact) mass is 342 g/mol. The fourth-order valence-corrected chi connectivity index (χ4v) is 2.30. The summed E-state index contributed by atoms with van der Waals surface area (Å²) in [6, 6.07) is 5.34. The molecule has 6 nitrogen and oxygen atoms in total. The Balaban J connectivity index is 2.29. The number of hydrogen-bond acceptors (Lipinski definition) is 5. The lowest BCUT2D eigenvalue weighted by molar-refractivity contribution is -0.146. The summed E-state index contributed by atoms with van der Waals surface area (Å²) in [7, 11) is 0. The molecule has 0 aliphatic heterocycles. The van der Waals surface area contributed by atoms with Crippen LogP contribution in [-0.4, -0.2) is 42.7 Å². The van der Waals surface area contributed by atoms with Crippen LogP contribution in [0.15, 0.2) is 29.2 Å². The molecule has 23 heavy (non-hydrogen) atoms. The third-order valence-corrected chi connectivity index (χ3v) is 3.69. The van der Waals surface area contributed by atoms with Gasteiger partial charge in [0, 0.05) is 11.4 Å². The number of amides is 2. The van der Waals surface area contributed by atoms with Gasteiger partial charge in [-0.1, -0.05) is 12.1 Å². The highest BCUT2D eigenvalue weighted by atomic mass is 32.2. The van der Waals surface area contributed by atoms with Gasteiger partial charge in [-0.15, -0.1) is 11.8 Å². The van der Waals surface area contributed by atoms with Gasteiger partial charge in [-0.2, -0.15) is 0 Å². The van der Waals surface area contributed by atoms with E-state index in [1.54, 1.807) is 25.1 Å². The molecule has 0 fully saturated rings. The Hall–Kier alpha value is -2.09. The first-order valence-electron chi connectivity index (χ1n) is 7.04. The first-order valence-corrected chi connectivity index (χ1v) is 8.02. The molecular formula is C15H19FN2O4S. The maximum Gasteiger partial charge on any atom is 0.316 e. The summed E-state index contributed by atoms with van der Waals surface area (Å²) in [6.45, 7) is 3.27. The van der Waals surface area contributed by atoms with E-state index in [0.717, 1.165) is 11.8 Å². The largest absolute Gasteiger partial charge is 0.455 e. The maximum atomic E-state index is 13.4. The third kappa shape index (κ3) is 7.14. The van der Waals surface area contributed by atoms with E-state index < -0.39 is 30.3 Å². The van der Waals surface area contributed by atoms with Crippen molar-refractivity contribution in [3.8, 4) is 0 Å². The van der Waals surface area contributed by atoms with Crippen LogP contribution in [0.25, 0.3) is 0 Å². The number of carbonyl (C=O) groups is 3. The van der Waals surface area contributed by atoms with Crippen LogP contribution >= 0.6 is 11.8 Å². The minimum absolute atomic E-state index is 0.111. The normalized spacial score (nSPS) is 11.4. The van der Waals surface area contributed by atoms with Crippen molar-refractivity contribution >= 4 is 29.5 Å². The van der Waals surface area contributed by atoms with E-state index in [0.29, 0.717) is 11.4 Å². The molecule has 0 aliphatic rings. The number of likely N-dealkylation sites (N-methyl/N-ethyl adjacent to an activating group) is 1. The summed E-state index contributed by atoms with van der Waals surface area (Å²) in [5.74, 6) is -2.06. The average molecular weight is 342 g/mol. The summed E-state index contributed by atoms with van der Waals surface area (Å²) in [5.41, 5.74) is 0. The second-order valence-electron chi connectivity index (χ2n) is 4.56. The van der Waals surface area contributed by atoms with Crippen molar-refractivity contribution in [2.75, 3.05) is 18.9 Å². The third-order valence-electron chi connectivity index (χ3n) is 2.67. The molecule has 1 aromatic rings. The van der Waals surface area contributed by atoms with E-state index in [1.807, 2.05) is 0 Å². The molecule has 1 atom stereocenters. The van der Waals surface area contributed by atoms with E-state index in [9.17, 15) is 18.8 Å². The lowest BCUT2D eigenvalue weighted by atomic mass is 10.3. The van der Waals surface area contributed by atoms with Crippen LogP contribution in [0, 0.1) is 5.82 Å². The summed E-state index contributed by atoms with van der Waals surface area (Å²) in [5, 5.41) is 4.97. The summed E-state index contributed by atoms with van der Waals surface area (Å²) < 4.78 is 18.1. The lowest BCUT2D eigenvalue weighted by Crippen LogP contribution is -2.46. The highest BCUT2D eigenvalue weighted by molar-refractivity contribution is 8.00. The first kappa shape index (κ1) is 19.0. The molecule has 1 aromatic carbocycles. The molecule has 2 amide bonds. The zero-order chi connectivity index (χ0) is 17.2. The van der Waals surface area contributed by atoms with Crippen molar-refractivity contribution in [3.05, 3.63) is 30.1 Å². The van der Waals surface area contributed by atoms with Crippen molar-refractivity contribution < 1.29 is 23.5 Å². The van der Waals surface area contributed by atoms with Gasteiger partial charge in [0.25, 0.3) is 5.91 Å². The highest BCUT2D eigenvalue weighted by Gasteiger charge is 2.16. The van der Waals surface area contributed by atoms with Gasteiger partial charge in [0.2, 0.25) is 5.91 Å². The number of rotatable bonds is 8. The highest BCUT2D eigenvalue weighted by Crippen LogP contribution is 2.20. The molecule has 1 rings (SSSR count). The lowest BCUT2D eigenvalue weighted by Gasteiger charge is -2.13. The van der Waals surface area contributed by atoms with Crippen LogP contribution < -0.4 is 10.6 Å². The SMILES string of the molecule is CCNC(=O)[C@H](C)NC(=O)COC(=O)CSc1ccccc1F. The molecule has 0 spiro atoms. The average Bonchev–Trinajstić information content (AvgIpc) is 2.52. The fraction of sp³-hybridized carbons (Fsp3) is 0.400. The zero-order valence-corrected chi connectivity index (χ0v) is 13.7. The molecule has 0 unspecified atom stereocenters. The van der Waals surface area contributed by atoms with Gasteiger partial charge < -0.3 is 15.4 Å². The number of hydrogen-bond donors (Lipinski definition) is 2. The van der Waals surface area contributed by atoms with Crippen LogP contribution in [0.2, 0.25) is 0 Å². The summed E-state index contributed by atoms with van der Waals surface area (Å²) in [6.07, 6.45) is 0.